The van der Waals surface area contributed by atoms with E-state index in [1.807, 2.05) is 12.1 Å². The SMILES string of the molecule is CCC(C)Nc1nc(Cl)nc2ccc(C)cc12. The summed E-state index contributed by atoms with van der Waals surface area (Å²) in [6.45, 7) is 6.31. The lowest BCUT2D eigenvalue weighted by atomic mass is 10.1. The quantitative estimate of drug-likeness (QED) is 0.841. The van der Waals surface area contributed by atoms with Gasteiger partial charge in [-0.25, -0.2) is 9.97 Å². The van der Waals surface area contributed by atoms with Crippen LogP contribution in [0.4, 0.5) is 5.82 Å². The minimum atomic E-state index is 0.284. The second kappa shape index (κ2) is 4.88. The summed E-state index contributed by atoms with van der Waals surface area (Å²) in [6.07, 6.45) is 1.04. The molecule has 0 saturated heterocycles. The number of nitrogens with zero attached hydrogens (tertiary/aromatic N) is 2. The van der Waals surface area contributed by atoms with Gasteiger partial charge in [0.1, 0.15) is 5.82 Å². The predicted molar refractivity (Wildman–Crippen MR) is 72.7 cm³/mol. The van der Waals surface area contributed by atoms with E-state index in [9.17, 15) is 0 Å². The second-order valence-corrected chi connectivity index (χ2v) is 4.65. The first-order valence-corrected chi connectivity index (χ1v) is 6.18. The summed E-state index contributed by atoms with van der Waals surface area (Å²) in [5, 5.41) is 4.67. The van der Waals surface area contributed by atoms with Crippen LogP contribution in [0.25, 0.3) is 10.9 Å². The van der Waals surface area contributed by atoms with Crippen molar-refractivity contribution in [2.24, 2.45) is 0 Å². The van der Waals surface area contributed by atoms with Gasteiger partial charge < -0.3 is 5.32 Å². The molecule has 90 valence electrons. The zero-order chi connectivity index (χ0) is 12.4. The van der Waals surface area contributed by atoms with Crippen molar-refractivity contribution in [2.45, 2.75) is 33.2 Å². The Labute approximate surface area is 106 Å². The molecule has 1 atom stereocenters. The molecule has 0 saturated carbocycles. The molecule has 0 fully saturated rings. The van der Waals surface area contributed by atoms with Crippen LogP contribution < -0.4 is 5.32 Å². The fourth-order valence-electron chi connectivity index (χ4n) is 1.66. The van der Waals surface area contributed by atoms with Crippen LogP contribution in [0.1, 0.15) is 25.8 Å². The number of nitrogens with one attached hydrogen (secondary N) is 1. The lowest BCUT2D eigenvalue weighted by Gasteiger charge is -2.14. The van der Waals surface area contributed by atoms with Crippen LogP contribution in [0.3, 0.4) is 0 Å². The van der Waals surface area contributed by atoms with Crippen LogP contribution in [-0.2, 0) is 0 Å². The third-order valence-corrected chi connectivity index (χ3v) is 2.99. The summed E-state index contributed by atoms with van der Waals surface area (Å²) in [7, 11) is 0. The topological polar surface area (TPSA) is 37.8 Å². The number of halogens is 1. The molecule has 0 bridgehead atoms. The molecule has 0 radical (unpaired) electrons. The van der Waals surface area contributed by atoms with Crippen molar-refractivity contribution in [1.29, 1.82) is 0 Å². The van der Waals surface area contributed by atoms with Crippen molar-refractivity contribution in [2.75, 3.05) is 5.32 Å². The van der Waals surface area contributed by atoms with Crippen LogP contribution in [0.15, 0.2) is 18.2 Å². The number of rotatable bonds is 3. The van der Waals surface area contributed by atoms with Crippen molar-refractivity contribution < 1.29 is 0 Å². The fraction of sp³-hybridized carbons (Fsp3) is 0.385. The van der Waals surface area contributed by atoms with Gasteiger partial charge in [-0.05, 0) is 44.0 Å². The number of hydrogen-bond donors (Lipinski definition) is 1. The van der Waals surface area contributed by atoms with Gasteiger partial charge in [0.05, 0.1) is 5.52 Å². The molecular weight excluding hydrogens is 234 g/mol. The molecule has 1 unspecified atom stereocenters. The Bertz CT molecular complexity index is 539. The van der Waals surface area contributed by atoms with E-state index in [1.54, 1.807) is 0 Å². The molecule has 0 spiro atoms. The zero-order valence-corrected chi connectivity index (χ0v) is 11.0. The maximum Gasteiger partial charge on any atom is 0.224 e. The zero-order valence-electron chi connectivity index (χ0n) is 10.3. The molecule has 0 aliphatic heterocycles. The van der Waals surface area contributed by atoms with E-state index >= 15 is 0 Å². The van der Waals surface area contributed by atoms with Gasteiger partial charge in [0.2, 0.25) is 5.28 Å². The Morgan fingerprint density at radius 3 is 2.82 bits per heavy atom. The van der Waals surface area contributed by atoms with E-state index in [0.717, 1.165) is 23.1 Å². The average molecular weight is 250 g/mol. The normalized spacial score (nSPS) is 12.7. The Morgan fingerprint density at radius 2 is 2.12 bits per heavy atom. The van der Waals surface area contributed by atoms with E-state index in [-0.39, 0.29) is 5.28 Å². The molecule has 1 aromatic carbocycles. The summed E-state index contributed by atoms with van der Waals surface area (Å²) in [6, 6.07) is 6.44. The smallest absolute Gasteiger partial charge is 0.224 e. The summed E-state index contributed by atoms with van der Waals surface area (Å²) >= 11 is 5.93. The summed E-state index contributed by atoms with van der Waals surface area (Å²) in [5.74, 6) is 0.818. The molecule has 2 aromatic rings. The number of anilines is 1. The average Bonchev–Trinajstić information content (AvgIpc) is 2.29. The van der Waals surface area contributed by atoms with Gasteiger partial charge in [-0.3, -0.25) is 0 Å². The molecule has 0 aliphatic rings. The summed E-state index contributed by atoms with van der Waals surface area (Å²) in [5.41, 5.74) is 2.07. The fourth-order valence-corrected chi connectivity index (χ4v) is 1.83. The highest BCUT2D eigenvalue weighted by molar-refractivity contribution is 6.28. The third kappa shape index (κ3) is 2.67. The largest absolute Gasteiger partial charge is 0.367 e. The molecular formula is C13H16ClN3. The molecule has 1 aromatic heterocycles. The molecule has 4 heteroatoms. The number of aromatic nitrogens is 2. The van der Waals surface area contributed by atoms with Crippen LogP contribution in [0, 0.1) is 6.92 Å². The minimum absolute atomic E-state index is 0.284. The molecule has 2 rings (SSSR count). The van der Waals surface area contributed by atoms with Crippen molar-refractivity contribution in [3.8, 4) is 0 Å². The Morgan fingerprint density at radius 1 is 1.35 bits per heavy atom. The monoisotopic (exact) mass is 249 g/mol. The minimum Gasteiger partial charge on any atom is -0.367 e. The van der Waals surface area contributed by atoms with Crippen LogP contribution in [0.2, 0.25) is 5.28 Å². The predicted octanol–water partition coefficient (Wildman–Crippen LogP) is 3.80. The van der Waals surface area contributed by atoms with Crippen LogP contribution in [0.5, 0.6) is 0 Å². The highest BCUT2D eigenvalue weighted by atomic mass is 35.5. The number of aryl methyl sites for hydroxylation is 1. The molecule has 17 heavy (non-hydrogen) atoms. The van der Waals surface area contributed by atoms with E-state index in [0.29, 0.717) is 6.04 Å². The molecule has 1 heterocycles. The van der Waals surface area contributed by atoms with Gasteiger partial charge in [-0.1, -0.05) is 18.6 Å². The lowest BCUT2D eigenvalue weighted by molar-refractivity contribution is 0.760. The van der Waals surface area contributed by atoms with Gasteiger partial charge >= 0.3 is 0 Å². The molecule has 0 aliphatic carbocycles. The van der Waals surface area contributed by atoms with E-state index in [1.165, 1.54) is 5.56 Å². The van der Waals surface area contributed by atoms with Crippen molar-refractivity contribution in [3.63, 3.8) is 0 Å². The van der Waals surface area contributed by atoms with Crippen molar-refractivity contribution in [1.82, 2.24) is 9.97 Å². The molecule has 0 amide bonds. The first-order chi connectivity index (χ1) is 8.10. The van der Waals surface area contributed by atoms with E-state index < -0.39 is 0 Å². The first-order valence-electron chi connectivity index (χ1n) is 5.80. The second-order valence-electron chi connectivity index (χ2n) is 4.32. The summed E-state index contributed by atoms with van der Waals surface area (Å²) < 4.78 is 0. The Kier molecular flexibility index (Phi) is 3.48. The van der Waals surface area contributed by atoms with E-state index in [2.05, 4.69) is 42.1 Å². The lowest BCUT2D eigenvalue weighted by Crippen LogP contribution is -2.15. The maximum absolute atomic E-state index is 5.93. The first kappa shape index (κ1) is 12.1. The van der Waals surface area contributed by atoms with Gasteiger partial charge in [0.15, 0.2) is 0 Å². The van der Waals surface area contributed by atoms with E-state index in [4.69, 9.17) is 11.6 Å². The van der Waals surface area contributed by atoms with Crippen molar-refractivity contribution in [3.05, 3.63) is 29.0 Å². The highest BCUT2D eigenvalue weighted by Crippen LogP contribution is 2.24. The molecule has 1 N–H and O–H groups in total. The van der Waals surface area contributed by atoms with Crippen LogP contribution >= 0.6 is 11.6 Å². The number of hydrogen-bond acceptors (Lipinski definition) is 3. The van der Waals surface area contributed by atoms with Gasteiger partial charge in [-0.2, -0.15) is 0 Å². The Hall–Kier alpha value is -1.35. The van der Waals surface area contributed by atoms with Gasteiger partial charge in [0.25, 0.3) is 0 Å². The third-order valence-electron chi connectivity index (χ3n) is 2.82. The highest BCUT2D eigenvalue weighted by Gasteiger charge is 2.08. The maximum atomic E-state index is 5.93. The number of fused-ring (bicyclic) bond motifs is 1. The van der Waals surface area contributed by atoms with Crippen LogP contribution in [-0.4, -0.2) is 16.0 Å². The standard InChI is InChI=1S/C13H16ClN3/c1-4-9(3)15-12-10-7-8(2)5-6-11(10)16-13(14)17-12/h5-7,9H,4H2,1-3H3,(H,15,16,17). The molecule has 3 nitrogen and oxygen atoms in total. The van der Waals surface area contributed by atoms with Gasteiger partial charge in [-0.15, -0.1) is 0 Å². The summed E-state index contributed by atoms with van der Waals surface area (Å²) in [4.78, 5) is 8.50. The van der Waals surface area contributed by atoms with Crippen molar-refractivity contribution >= 4 is 28.3 Å². The number of benzene rings is 1. The Balaban J connectivity index is 2.55. The van der Waals surface area contributed by atoms with Gasteiger partial charge in [0, 0.05) is 11.4 Å².